The highest BCUT2D eigenvalue weighted by Crippen LogP contribution is 2.19. The monoisotopic (exact) mass is 248 g/mol. The molecule has 0 atom stereocenters. The van der Waals surface area contributed by atoms with Crippen molar-refractivity contribution in [1.82, 2.24) is 15.0 Å². The Labute approximate surface area is 105 Å². The largest absolute Gasteiger partial charge is 0.346 e. The van der Waals surface area contributed by atoms with Crippen LogP contribution in [0.15, 0.2) is 18.3 Å². The van der Waals surface area contributed by atoms with Crippen LogP contribution in [0.25, 0.3) is 11.4 Å². The van der Waals surface area contributed by atoms with Gasteiger partial charge in [-0.1, -0.05) is 0 Å². The molecule has 0 aromatic carbocycles. The molecule has 5 heteroatoms. The molecule has 4 nitrogen and oxygen atoms in total. The Bertz CT molecular complexity index is 504. The maximum absolute atomic E-state index is 12.8. The summed E-state index contributed by atoms with van der Waals surface area (Å²) in [7, 11) is 0. The fraction of sp³-hybridized carbons (Fsp3) is 0.385. The van der Waals surface area contributed by atoms with Crippen molar-refractivity contribution in [3.8, 4) is 11.4 Å². The summed E-state index contributed by atoms with van der Waals surface area (Å²) in [5, 5.41) is 0. The second-order valence-corrected chi connectivity index (χ2v) is 4.26. The lowest BCUT2D eigenvalue weighted by Crippen LogP contribution is -1.99. The quantitative estimate of drug-likeness (QED) is 0.797. The van der Waals surface area contributed by atoms with Gasteiger partial charge >= 0.3 is 0 Å². The van der Waals surface area contributed by atoms with E-state index in [-0.39, 0.29) is 5.82 Å². The lowest BCUT2D eigenvalue weighted by molar-refractivity contribution is 0.622. The summed E-state index contributed by atoms with van der Waals surface area (Å²) in [6.07, 6.45) is 4.08. The van der Waals surface area contributed by atoms with Crippen LogP contribution in [0.2, 0.25) is 0 Å². The first-order valence-corrected chi connectivity index (χ1v) is 6.08. The Morgan fingerprint density at radius 2 is 2.17 bits per heavy atom. The molecule has 0 radical (unpaired) electrons. The second-order valence-electron chi connectivity index (χ2n) is 4.26. The highest BCUT2D eigenvalue weighted by atomic mass is 19.1. The number of nitrogens with two attached hydrogens (primary N) is 1. The van der Waals surface area contributed by atoms with Gasteiger partial charge in [-0.15, -0.1) is 0 Å². The molecule has 0 aliphatic carbocycles. The van der Waals surface area contributed by atoms with E-state index in [1.54, 1.807) is 6.07 Å². The first-order chi connectivity index (χ1) is 8.70. The highest BCUT2D eigenvalue weighted by Gasteiger charge is 2.09. The molecule has 0 unspecified atom stereocenters. The van der Waals surface area contributed by atoms with Crippen LogP contribution in [0, 0.1) is 12.7 Å². The maximum atomic E-state index is 12.8. The number of hydrogen-bond donors (Lipinski definition) is 2. The zero-order chi connectivity index (χ0) is 13.0. The van der Waals surface area contributed by atoms with Crippen LogP contribution in [0.4, 0.5) is 4.39 Å². The van der Waals surface area contributed by atoms with Crippen molar-refractivity contribution in [2.24, 2.45) is 5.73 Å². The minimum Gasteiger partial charge on any atom is -0.346 e. The van der Waals surface area contributed by atoms with Crippen molar-refractivity contribution >= 4 is 0 Å². The molecule has 2 heterocycles. The molecule has 0 bridgehead atoms. The van der Waals surface area contributed by atoms with E-state index in [9.17, 15) is 4.39 Å². The number of pyridine rings is 1. The predicted molar refractivity (Wildman–Crippen MR) is 68.5 cm³/mol. The number of unbranched alkanes of at least 4 members (excludes halogenated alkanes) is 1. The predicted octanol–water partition coefficient (Wildman–Crippen LogP) is 2.20. The fourth-order valence-corrected chi connectivity index (χ4v) is 1.84. The fourth-order valence-electron chi connectivity index (χ4n) is 1.84. The van der Waals surface area contributed by atoms with Crippen molar-refractivity contribution < 1.29 is 4.39 Å². The summed E-state index contributed by atoms with van der Waals surface area (Å²) in [5.41, 5.74) is 7.89. The number of halogens is 1. The average molecular weight is 248 g/mol. The summed E-state index contributed by atoms with van der Waals surface area (Å²) in [4.78, 5) is 11.8. The van der Waals surface area contributed by atoms with Crippen LogP contribution >= 0.6 is 0 Å². The van der Waals surface area contributed by atoms with Crippen LogP contribution in [-0.2, 0) is 6.42 Å². The third kappa shape index (κ3) is 2.92. The number of aromatic nitrogens is 3. The second kappa shape index (κ2) is 5.73. The summed E-state index contributed by atoms with van der Waals surface area (Å²) < 4.78 is 12.8. The number of imidazole rings is 1. The Morgan fingerprint density at radius 1 is 1.33 bits per heavy atom. The van der Waals surface area contributed by atoms with E-state index >= 15 is 0 Å². The minimum atomic E-state index is -0.338. The van der Waals surface area contributed by atoms with Gasteiger partial charge in [0.15, 0.2) is 0 Å². The number of rotatable bonds is 5. The molecular weight excluding hydrogens is 231 g/mol. The van der Waals surface area contributed by atoms with Crippen LogP contribution in [0.3, 0.4) is 0 Å². The molecular formula is C13H17FN4. The van der Waals surface area contributed by atoms with E-state index in [1.807, 2.05) is 6.92 Å². The lowest BCUT2D eigenvalue weighted by Gasteiger charge is -1.96. The highest BCUT2D eigenvalue weighted by molar-refractivity contribution is 5.56. The molecule has 0 saturated heterocycles. The molecule has 18 heavy (non-hydrogen) atoms. The van der Waals surface area contributed by atoms with Gasteiger partial charge in [0.1, 0.15) is 17.3 Å². The average Bonchev–Trinajstić information content (AvgIpc) is 2.72. The van der Waals surface area contributed by atoms with Crippen molar-refractivity contribution in [2.75, 3.05) is 6.54 Å². The zero-order valence-corrected chi connectivity index (χ0v) is 10.4. The number of nitrogens with one attached hydrogen (secondary N) is 1. The number of nitrogens with zero attached hydrogens (tertiary/aromatic N) is 2. The van der Waals surface area contributed by atoms with Gasteiger partial charge in [-0.3, -0.25) is 4.98 Å². The van der Waals surface area contributed by atoms with Crippen molar-refractivity contribution in [1.29, 1.82) is 0 Å². The van der Waals surface area contributed by atoms with Gasteiger partial charge in [-0.25, -0.2) is 9.37 Å². The minimum absolute atomic E-state index is 0.338. The summed E-state index contributed by atoms with van der Waals surface area (Å²) in [6.45, 7) is 2.64. The summed E-state index contributed by atoms with van der Waals surface area (Å²) in [5.74, 6) is 0.595. The Hall–Kier alpha value is -1.75. The molecule has 0 fully saturated rings. The van der Waals surface area contributed by atoms with Gasteiger partial charge in [-0.05, 0) is 38.4 Å². The topological polar surface area (TPSA) is 67.6 Å². The van der Waals surface area contributed by atoms with Gasteiger partial charge in [0.05, 0.1) is 11.9 Å². The number of aromatic amines is 1. The van der Waals surface area contributed by atoms with Crippen molar-refractivity contribution in [3.05, 3.63) is 35.7 Å². The standard InChI is InChI=1S/C13H17FN4/c1-9-13(11-6-5-10(14)8-16-11)18-12(17-9)4-2-3-7-15/h5-6,8H,2-4,7,15H2,1H3,(H,17,18). The van der Waals surface area contributed by atoms with E-state index in [0.717, 1.165) is 36.5 Å². The normalized spacial score (nSPS) is 10.8. The third-order valence-electron chi connectivity index (χ3n) is 2.77. The van der Waals surface area contributed by atoms with Crippen molar-refractivity contribution in [3.63, 3.8) is 0 Å². The van der Waals surface area contributed by atoms with E-state index < -0.39 is 0 Å². The van der Waals surface area contributed by atoms with E-state index in [4.69, 9.17) is 5.73 Å². The van der Waals surface area contributed by atoms with E-state index in [1.165, 1.54) is 12.3 Å². The number of hydrogen-bond acceptors (Lipinski definition) is 3. The lowest BCUT2D eigenvalue weighted by atomic mass is 10.2. The molecule has 0 saturated carbocycles. The molecule has 2 aromatic heterocycles. The summed E-state index contributed by atoms with van der Waals surface area (Å²) in [6, 6.07) is 3.03. The smallest absolute Gasteiger partial charge is 0.141 e. The Morgan fingerprint density at radius 3 is 2.83 bits per heavy atom. The molecule has 2 aromatic rings. The van der Waals surface area contributed by atoms with Gasteiger partial charge in [-0.2, -0.15) is 0 Å². The van der Waals surface area contributed by atoms with Crippen LogP contribution in [0.1, 0.15) is 24.4 Å². The van der Waals surface area contributed by atoms with Gasteiger partial charge < -0.3 is 10.7 Å². The molecule has 0 aliphatic rings. The molecule has 96 valence electrons. The molecule has 2 rings (SSSR count). The molecule has 0 aliphatic heterocycles. The van der Waals surface area contributed by atoms with E-state index in [2.05, 4.69) is 15.0 Å². The Balaban J connectivity index is 2.16. The third-order valence-corrected chi connectivity index (χ3v) is 2.77. The van der Waals surface area contributed by atoms with Crippen molar-refractivity contribution in [2.45, 2.75) is 26.2 Å². The SMILES string of the molecule is Cc1[nH]c(CCCCN)nc1-c1ccc(F)cn1. The molecule has 0 amide bonds. The number of aryl methyl sites for hydroxylation is 2. The first-order valence-electron chi connectivity index (χ1n) is 6.08. The van der Waals surface area contributed by atoms with Crippen LogP contribution in [0.5, 0.6) is 0 Å². The maximum Gasteiger partial charge on any atom is 0.141 e. The van der Waals surface area contributed by atoms with Gasteiger partial charge in [0, 0.05) is 12.1 Å². The first kappa shape index (κ1) is 12.7. The van der Waals surface area contributed by atoms with E-state index in [0.29, 0.717) is 12.2 Å². The molecule has 3 N–H and O–H groups in total. The van der Waals surface area contributed by atoms with Gasteiger partial charge in [0.25, 0.3) is 0 Å². The van der Waals surface area contributed by atoms with Crippen LogP contribution in [-0.4, -0.2) is 21.5 Å². The Kier molecular flexibility index (Phi) is 4.04. The molecule has 0 spiro atoms. The number of H-pyrrole nitrogens is 1. The summed E-state index contributed by atoms with van der Waals surface area (Å²) >= 11 is 0. The van der Waals surface area contributed by atoms with Gasteiger partial charge in [0.2, 0.25) is 0 Å². The zero-order valence-electron chi connectivity index (χ0n) is 10.4. The van der Waals surface area contributed by atoms with Crippen LogP contribution < -0.4 is 5.73 Å².